The Morgan fingerprint density at radius 2 is 2.19 bits per heavy atom. The summed E-state index contributed by atoms with van der Waals surface area (Å²) in [6.07, 6.45) is 6.46. The lowest BCUT2D eigenvalue weighted by atomic mass is 9.95. The molecule has 0 aromatic carbocycles. The van der Waals surface area contributed by atoms with Crippen LogP contribution in [0.1, 0.15) is 59.3 Å². The van der Waals surface area contributed by atoms with Crippen molar-refractivity contribution in [2.24, 2.45) is 15.9 Å². The first-order valence-electron chi connectivity index (χ1n) is 9.31. The van der Waals surface area contributed by atoms with E-state index in [0.717, 1.165) is 30.8 Å². The average Bonchev–Trinajstić information content (AvgIpc) is 3.18. The minimum atomic E-state index is 0.0436. The van der Waals surface area contributed by atoms with Gasteiger partial charge in [0.15, 0.2) is 4.80 Å². The molecule has 1 aliphatic heterocycles. The number of hydrogen-bond donors (Lipinski definition) is 1. The molecule has 1 aromatic heterocycles. The summed E-state index contributed by atoms with van der Waals surface area (Å²) in [4.78, 5) is 10.7. The van der Waals surface area contributed by atoms with Gasteiger partial charge in [-0.1, -0.05) is 34.6 Å². The van der Waals surface area contributed by atoms with E-state index in [4.69, 9.17) is 10.00 Å². The zero-order valence-electron chi connectivity index (χ0n) is 16.7. The van der Waals surface area contributed by atoms with Crippen LogP contribution in [0.15, 0.2) is 16.2 Å². The van der Waals surface area contributed by atoms with Gasteiger partial charge in [-0.3, -0.25) is 0 Å². The third kappa shape index (κ3) is 5.68. The van der Waals surface area contributed by atoms with Crippen molar-refractivity contribution in [2.75, 3.05) is 6.61 Å². The highest BCUT2D eigenvalue weighted by Crippen LogP contribution is 2.25. The number of nitrogens with one attached hydrogen (secondary N) is 1. The number of nitrogens with zero attached hydrogens (tertiary/aromatic N) is 4. The molecule has 1 aromatic rings. The van der Waals surface area contributed by atoms with Crippen LogP contribution in [0, 0.1) is 17.4 Å². The van der Waals surface area contributed by atoms with Crippen molar-refractivity contribution in [2.45, 2.75) is 78.5 Å². The highest BCUT2D eigenvalue weighted by Gasteiger charge is 2.21. The Morgan fingerprint density at radius 1 is 1.46 bits per heavy atom. The predicted octanol–water partition coefficient (Wildman–Crippen LogP) is 3.40. The Hall–Kier alpha value is -1.65. The summed E-state index contributed by atoms with van der Waals surface area (Å²) < 4.78 is 7.95. The number of guanidine groups is 1. The van der Waals surface area contributed by atoms with Gasteiger partial charge in [0.1, 0.15) is 0 Å². The Bertz CT molecular complexity index is 726. The monoisotopic (exact) mass is 377 g/mol. The average molecular weight is 378 g/mol. The lowest BCUT2D eigenvalue weighted by Gasteiger charge is -2.17. The fourth-order valence-corrected chi connectivity index (χ4v) is 3.61. The second-order valence-corrected chi connectivity index (χ2v) is 9.25. The summed E-state index contributed by atoms with van der Waals surface area (Å²) in [7, 11) is 0. The molecule has 7 heteroatoms. The van der Waals surface area contributed by atoms with E-state index in [-0.39, 0.29) is 17.6 Å². The Balaban J connectivity index is 2.39. The van der Waals surface area contributed by atoms with Gasteiger partial charge in [-0.2, -0.15) is 10.3 Å². The number of aromatic nitrogens is 1. The molecule has 26 heavy (non-hydrogen) atoms. The Kier molecular flexibility index (Phi) is 7.01. The van der Waals surface area contributed by atoms with Crippen LogP contribution < -0.4 is 10.1 Å². The molecule has 144 valence electrons. The second-order valence-electron chi connectivity index (χ2n) is 8.24. The van der Waals surface area contributed by atoms with Gasteiger partial charge in [0, 0.05) is 23.7 Å². The SMILES string of the molecule is CC(C)[C@H](C)NC(/N=c1\sc(C(C)(C)C)cn1C[C@H]1CCCO1)=N\C#N. The maximum Gasteiger partial charge on any atom is 0.236 e. The maximum atomic E-state index is 9.04. The second kappa shape index (κ2) is 8.83. The van der Waals surface area contributed by atoms with Crippen molar-refractivity contribution in [3.63, 3.8) is 0 Å². The molecule has 0 saturated carbocycles. The summed E-state index contributed by atoms with van der Waals surface area (Å²) in [6.45, 7) is 14.5. The first-order chi connectivity index (χ1) is 12.2. The lowest BCUT2D eigenvalue weighted by molar-refractivity contribution is 0.0963. The van der Waals surface area contributed by atoms with Crippen molar-refractivity contribution < 1.29 is 4.74 Å². The van der Waals surface area contributed by atoms with Crippen molar-refractivity contribution in [3.05, 3.63) is 15.9 Å². The van der Waals surface area contributed by atoms with E-state index in [1.807, 2.05) is 6.19 Å². The molecular formula is C19H31N5OS. The summed E-state index contributed by atoms with van der Waals surface area (Å²) in [5.41, 5.74) is 0.0436. The summed E-state index contributed by atoms with van der Waals surface area (Å²) in [5.74, 6) is 0.790. The molecule has 1 saturated heterocycles. The minimum Gasteiger partial charge on any atom is -0.376 e. The molecule has 0 radical (unpaired) electrons. The van der Waals surface area contributed by atoms with Crippen LogP contribution in [-0.2, 0) is 16.7 Å². The zero-order valence-corrected chi connectivity index (χ0v) is 17.6. The van der Waals surface area contributed by atoms with Crippen LogP contribution in [0.2, 0.25) is 0 Å². The van der Waals surface area contributed by atoms with Crippen LogP contribution >= 0.6 is 11.3 Å². The third-order valence-corrected chi connectivity index (χ3v) is 6.04. The topological polar surface area (TPSA) is 74.7 Å². The van der Waals surface area contributed by atoms with E-state index in [2.05, 4.69) is 67.6 Å². The van der Waals surface area contributed by atoms with Crippen LogP contribution in [0.4, 0.5) is 0 Å². The molecule has 2 heterocycles. The first kappa shape index (κ1) is 20.7. The van der Waals surface area contributed by atoms with Gasteiger partial charge in [-0.15, -0.1) is 16.3 Å². The smallest absolute Gasteiger partial charge is 0.236 e. The van der Waals surface area contributed by atoms with Gasteiger partial charge in [-0.25, -0.2) is 0 Å². The van der Waals surface area contributed by atoms with Gasteiger partial charge in [-0.05, 0) is 31.1 Å². The fraction of sp³-hybridized carbons (Fsp3) is 0.737. The van der Waals surface area contributed by atoms with E-state index in [9.17, 15) is 0 Å². The molecule has 2 atom stereocenters. The number of thiazole rings is 1. The standard InChI is InChI=1S/C19H31N5OS/c1-13(2)14(3)22-17(21-12-20)23-18-24(10-15-8-7-9-25-15)11-16(26-18)19(4,5)6/h11,13-15H,7-10H2,1-6H3,(H,21,22)/b23-18-/t14-,15+/m0/s1. The van der Waals surface area contributed by atoms with Crippen molar-refractivity contribution in [1.29, 1.82) is 5.26 Å². The lowest BCUT2D eigenvalue weighted by Crippen LogP contribution is -2.36. The number of ether oxygens (including phenoxy) is 1. The Labute approximate surface area is 160 Å². The highest BCUT2D eigenvalue weighted by molar-refractivity contribution is 7.09. The van der Waals surface area contributed by atoms with Crippen LogP contribution in [0.3, 0.4) is 0 Å². The minimum absolute atomic E-state index is 0.0436. The zero-order chi connectivity index (χ0) is 19.3. The molecule has 0 amide bonds. The number of rotatable bonds is 4. The molecule has 1 N–H and O–H groups in total. The molecule has 6 nitrogen and oxygen atoms in total. The van der Waals surface area contributed by atoms with Gasteiger partial charge in [0.2, 0.25) is 12.2 Å². The van der Waals surface area contributed by atoms with Crippen molar-refractivity contribution >= 4 is 17.3 Å². The summed E-state index contributed by atoms with van der Waals surface area (Å²) >= 11 is 1.65. The molecule has 0 aliphatic carbocycles. The molecule has 0 spiro atoms. The Morgan fingerprint density at radius 3 is 2.73 bits per heavy atom. The molecular weight excluding hydrogens is 346 g/mol. The van der Waals surface area contributed by atoms with E-state index < -0.39 is 0 Å². The van der Waals surface area contributed by atoms with Crippen LogP contribution in [0.5, 0.6) is 0 Å². The van der Waals surface area contributed by atoms with Crippen molar-refractivity contribution in [1.82, 2.24) is 9.88 Å². The van der Waals surface area contributed by atoms with Gasteiger partial charge in [0.25, 0.3) is 0 Å². The fourth-order valence-electron chi connectivity index (χ4n) is 2.55. The number of aliphatic imine (C=N–C) groups is 1. The molecule has 2 rings (SSSR count). The molecule has 1 fully saturated rings. The number of hydrogen-bond acceptors (Lipinski definition) is 4. The normalized spacial score (nSPS) is 20.5. The van der Waals surface area contributed by atoms with Crippen molar-refractivity contribution in [3.8, 4) is 6.19 Å². The maximum absolute atomic E-state index is 9.04. The summed E-state index contributed by atoms with van der Waals surface area (Å²) in [6, 6.07) is 0.180. The molecule has 1 aliphatic rings. The van der Waals surface area contributed by atoms with Gasteiger partial charge < -0.3 is 14.6 Å². The van der Waals surface area contributed by atoms with E-state index in [1.54, 1.807) is 11.3 Å². The van der Waals surface area contributed by atoms with Gasteiger partial charge >= 0.3 is 0 Å². The number of nitriles is 1. The third-order valence-electron chi connectivity index (χ3n) is 4.60. The van der Waals surface area contributed by atoms with E-state index in [1.165, 1.54) is 4.88 Å². The first-order valence-corrected chi connectivity index (χ1v) is 10.1. The molecule has 0 bridgehead atoms. The quantitative estimate of drug-likeness (QED) is 0.496. The summed E-state index contributed by atoms with van der Waals surface area (Å²) in [5, 5.41) is 12.3. The van der Waals surface area contributed by atoms with E-state index in [0.29, 0.717) is 11.9 Å². The largest absolute Gasteiger partial charge is 0.376 e. The molecule has 0 unspecified atom stereocenters. The van der Waals surface area contributed by atoms with E-state index >= 15 is 0 Å². The van der Waals surface area contributed by atoms with Crippen LogP contribution in [-0.4, -0.2) is 29.3 Å². The van der Waals surface area contributed by atoms with Crippen LogP contribution in [0.25, 0.3) is 0 Å². The highest BCUT2D eigenvalue weighted by atomic mass is 32.1. The van der Waals surface area contributed by atoms with Gasteiger partial charge in [0.05, 0.1) is 12.6 Å². The predicted molar refractivity (Wildman–Crippen MR) is 106 cm³/mol.